The second kappa shape index (κ2) is 13.2. The molecule has 6 nitrogen and oxygen atoms in total. The van der Waals surface area contributed by atoms with E-state index in [1.807, 2.05) is 16.7 Å². The highest BCUT2D eigenvalue weighted by molar-refractivity contribution is 7.80. The quantitative estimate of drug-likeness (QED) is 0.165. The first-order valence-electron chi connectivity index (χ1n) is 12.9. The molecule has 0 saturated heterocycles. The Kier molecular flexibility index (Phi) is 9.53. The summed E-state index contributed by atoms with van der Waals surface area (Å²) in [5.41, 5.74) is 3.20. The van der Waals surface area contributed by atoms with E-state index < -0.39 is 11.7 Å². The van der Waals surface area contributed by atoms with Gasteiger partial charge >= 0.3 is 6.18 Å². The largest absolute Gasteiger partial charge is 0.416 e. The van der Waals surface area contributed by atoms with Crippen LogP contribution in [0.2, 0.25) is 0 Å². The molecule has 1 aromatic heterocycles. The lowest BCUT2D eigenvalue weighted by molar-refractivity contribution is -0.138. The number of Topliss-reactive ketones (excluding diaryl/α,β-unsaturated/α-hetero) is 1. The number of alkyl halides is 3. The van der Waals surface area contributed by atoms with Crippen molar-refractivity contribution in [1.29, 1.82) is 5.26 Å². The minimum Gasteiger partial charge on any atom is -0.345 e. The van der Waals surface area contributed by atoms with Crippen LogP contribution in [0.15, 0.2) is 85.3 Å². The molecular weight excluding hydrogens is 547 g/mol. The zero-order valence-electron chi connectivity index (χ0n) is 22.4. The number of nitriles is 1. The fourth-order valence-electron chi connectivity index (χ4n) is 4.41. The summed E-state index contributed by atoms with van der Waals surface area (Å²) in [6.45, 7) is 2.42. The molecule has 0 aliphatic carbocycles. The molecule has 0 unspecified atom stereocenters. The monoisotopic (exact) mass is 575 g/mol. The summed E-state index contributed by atoms with van der Waals surface area (Å²) in [6.07, 6.45) is 0.265. The SMILES string of the molecule is CC(=O)c1ccc(NC(=S)N(CCCc2cncn2Cc2ccc(C#N)cc2)Cc2ccccc2C(F)(F)F)cc1. The molecule has 0 radical (unpaired) electrons. The molecule has 4 rings (SSSR count). The number of halogens is 3. The lowest BCUT2D eigenvalue weighted by atomic mass is 10.1. The highest BCUT2D eigenvalue weighted by atomic mass is 32.1. The Morgan fingerprint density at radius 3 is 2.44 bits per heavy atom. The first-order chi connectivity index (χ1) is 19.6. The average molecular weight is 576 g/mol. The van der Waals surface area contributed by atoms with E-state index in [-0.39, 0.29) is 23.0 Å². The molecule has 41 heavy (non-hydrogen) atoms. The van der Waals surface area contributed by atoms with E-state index in [1.54, 1.807) is 59.9 Å². The number of aromatic nitrogens is 2. The summed E-state index contributed by atoms with van der Waals surface area (Å²) in [4.78, 5) is 17.6. The third-order valence-corrected chi connectivity index (χ3v) is 6.97. The number of nitrogens with one attached hydrogen (secondary N) is 1. The maximum atomic E-state index is 13.7. The van der Waals surface area contributed by atoms with E-state index >= 15 is 0 Å². The molecule has 0 fully saturated rings. The lowest BCUT2D eigenvalue weighted by Crippen LogP contribution is -2.36. The Hall–Kier alpha value is -4.49. The van der Waals surface area contributed by atoms with Crippen LogP contribution in [0.5, 0.6) is 0 Å². The number of carbonyl (C=O) groups is 1. The maximum absolute atomic E-state index is 13.7. The van der Waals surface area contributed by atoms with Crippen molar-refractivity contribution in [2.75, 3.05) is 11.9 Å². The van der Waals surface area contributed by atoms with Crippen molar-refractivity contribution in [2.45, 2.75) is 39.0 Å². The van der Waals surface area contributed by atoms with Crippen LogP contribution in [-0.2, 0) is 25.7 Å². The van der Waals surface area contributed by atoms with Gasteiger partial charge in [-0.15, -0.1) is 0 Å². The predicted molar refractivity (Wildman–Crippen MR) is 155 cm³/mol. The molecule has 3 aromatic carbocycles. The van der Waals surface area contributed by atoms with Crippen molar-refractivity contribution in [1.82, 2.24) is 14.5 Å². The van der Waals surface area contributed by atoms with Crippen molar-refractivity contribution in [3.63, 3.8) is 0 Å². The summed E-state index contributed by atoms with van der Waals surface area (Å²) < 4.78 is 43.2. The number of benzene rings is 3. The minimum atomic E-state index is -4.49. The van der Waals surface area contributed by atoms with Crippen LogP contribution in [0.4, 0.5) is 18.9 Å². The highest BCUT2D eigenvalue weighted by Gasteiger charge is 2.33. The Bertz CT molecular complexity index is 1540. The normalized spacial score (nSPS) is 11.1. The Morgan fingerprint density at radius 1 is 1.07 bits per heavy atom. The fourth-order valence-corrected chi connectivity index (χ4v) is 4.69. The predicted octanol–water partition coefficient (Wildman–Crippen LogP) is 6.86. The zero-order valence-corrected chi connectivity index (χ0v) is 23.2. The molecule has 0 atom stereocenters. The number of hydrogen-bond acceptors (Lipinski definition) is 4. The number of imidazole rings is 1. The summed E-state index contributed by atoms with van der Waals surface area (Å²) in [5.74, 6) is -0.0667. The van der Waals surface area contributed by atoms with E-state index in [0.717, 1.165) is 17.3 Å². The molecule has 4 aromatic rings. The number of nitrogens with zero attached hydrogens (tertiary/aromatic N) is 4. The minimum absolute atomic E-state index is 0.0302. The zero-order chi connectivity index (χ0) is 29.4. The van der Waals surface area contributed by atoms with Gasteiger partial charge in [0.25, 0.3) is 0 Å². The molecular formula is C31H28F3N5OS. The van der Waals surface area contributed by atoms with Crippen LogP contribution in [0.25, 0.3) is 0 Å². The van der Waals surface area contributed by atoms with Crippen molar-refractivity contribution >= 4 is 28.8 Å². The molecule has 0 amide bonds. The molecule has 0 spiro atoms. The van der Waals surface area contributed by atoms with E-state index in [2.05, 4.69) is 16.4 Å². The number of thiocarbonyl (C=S) groups is 1. The van der Waals surface area contributed by atoms with Gasteiger partial charge in [-0.1, -0.05) is 30.3 Å². The van der Waals surface area contributed by atoms with Gasteiger partial charge in [0.15, 0.2) is 10.9 Å². The first-order valence-corrected chi connectivity index (χ1v) is 13.3. The van der Waals surface area contributed by atoms with Crippen LogP contribution < -0.4 is 5.32 Å². The summed E-state index contributed by atoms with van der Waals surface area (Å²) >= 11 is 5.65. The number of aryl methyl sites for hydroxylation is 1. The third-order valence-electron chi connectivity index (χ3n) is 6.61. The lowest BCUT2D eigenvalue weighted by Gasteiger charge is -2.27. The second-order valence-corrected chi connectivity index (χ2v) is 9.95. The molecule has 210 valence electrons. The van der Waals surface area contributed by atoms with Gasteiger partial charge in [0.2, 0.25) is 0 Å². The van der Waals surface area contributed by atoms with Gasteiger partial charge in [0, 0.05) is 42.8 Å². The van der Waals surface area contributed by atoms with Gasteiger partial charge in [-0.2, -0.15) is 18.4 Å². The number of anilines is 1. The number of carbonyl (C=O) groups excluding carboxylic acids is 1. The van der Waals surface area contributed by atoms with Gasteiger partial charge in [-0.25, -0.2) is 4.98 Å². The topological polar surface area (TPSA) is 74.0 Å². The average Bonchev–Trinajstić information content (AvgIpc) is 3.39. The Morgan fingerprint density at radius 2 is 1.78 bits per heavy atom. The third kappa shape index (κ3) is 8.02. The van der Waals surface area contributed by atoms with Crippen molar-refractivity contribution in [2.24, 2.45) is 0 Å². The molecule has 10 heteroatoms. The number of ketones is 1. The van der Waals surface area contributed by atoms with E-state index in [1.165, 1.54) is 19.1 Å². The molecule has 0 aliphatic heterocycles. The smallest absolute Gasteiger partial charge is 0.345 e. The van der Waals surface area contributed by atoms with Crippen LogP contribution in [-0.4, -0.2) is 31.9 Å². The van der Waals surface area contributed by atoms with E-state index in [4.69, 9.17) is 17.5 Å². The van der Waals surface area contributed by atoms with Gasteiger partial charge < -0.3 is 14.8 Å². The molecule has 0 bridgehead atoms. The second-order valence-electron chi connectivity index (χ2n) is 9.57. The first kappa shape index (κ1) is 29.5. The number of hydrogen-bond donors (Lipinski definition) is 1. The standard InChI is InChI=1S/C31H28F3N5OS/c1-22(40)25-12-14-27(15-13-25)37-30(41)38(20-26-5-2-3-7-29(26)31(32,33)34)16-4-6-28-18-36-21-39(28)19-24-10-8-23(17-35)9-11-24/h2-3,5,7-15,18,21H,4,6,16,19-20H2,1H3,(H,37,41). The Labute approximate surface area is 242 Å². The molecule has 1 N–H and O–H groups in total. The van der Waals surface area contributed by atoms with Gasteiger partial charge in [0.05, 0.1) is 23.5 Å². The van der Waals surface area contributed by atoms with Gasteiger partial charge in [-0.05, 0) is 85.6 Å². The van der Waals surface area contributed by atoms with Crippen LogP contribution in [0.1, 0.15) is 51.7 Å². The summed E-state index contributed by atoms with van der Waals surface area (Å²) in [6, 6.07) is 21.7. The molecule has 0 saturated carbocycles. The summed E-state index contributed by atoms with van der Waals surface area (Å²) in [7, 11) is 0. The fraction of sp³-hybridized carbons (Fsp3) is 0.226. The van der Waals surface area contributed by atoms with Crippen LogP contribution in [0.3, 0.4) is 0 Å². The van der Waals surface area contributed by atoms with Gasteiger partial charge in [-0.3, -0.25) is 4.79 Å². The maximum Gasteiger partial charge on any atom is 0.416 e. The van der Waals surface area contributed by atoms with Crippen LogP contribution >= 0.6 is 12.2 Å². The molecule has 0 aliphatic rings. The van der Waals surface area contributed by atoms with E-state index in [0.29, 0.717) is 42.7 Å². The van der Waals surface area contributed by atoms with Crippen molar-refractivity contribution in [3.05, 3.63) is 119 Å². The van der Waals surface area contributed by atoms with Crippen molar-refractivity contribution < 1.29 is 18.0 Å². The van der Waals surface area contributed by atoms with Gasteiger partial charge in [0.1, 0.15) is 0 Å². The number of rotatable bonds is 10. The Balaban J connectivity index is 1.48. The molecule has 1 heterocycles. The van der Waals surface area contributed by atoms with E-state index in [9.17, 15) is 18.0 Å². The highest BCUT2D eigenvalue weighted by Crippen LogP contribution is 2.32. The van der Waals surface area contributed by atoms with Crippen LogP contribution in [0, 0.1) is 11.3 Å². The summed E-state index contributed by atoms with van der Waals surface area (Å²) in [5, 5.41) is 12.4. The van der Waals surface area contributed by atoms with Crippen molar-refractivity contribution in [3.8, 4) is 6.07 Å².